The van der Waals surface area contributed by atoms with Gasteiger partial charge in [0.15, 0.2) is 11.5 Å². The van der Waals surface area contributed by atoms with Crippen LogP contribution < -0.4 is 14.2 Å². The fourth-order valence-corrected chi connectivity index (χ4v) is 2.55. The normalized spacial score (nSPS) is 18.8. The van der Waals surface area contributed by atoms with Crippen molar-refractivity contribution in [2.45, 2.75) is 6.10 Å². The van der Waals surface area contributed by atoms with Crippen LogP contribution in [0, 0.1) is 0 Å². The molecular formula is C17H15NO4. The van der Waals surface area contributed by atoms with Crippen molar-refractivity contribution in [3.05, 3.63) is 53.6 Å². The van der Waals surface area contributed by atoms with E-state index in [1.54, 1.807) is 7.11 Å². The van der Waals surface area contributed by atoms with Gasteiger partial charge in [-0.3, -0.25) is 0 Å². The van der Waals surface area contributed by atoms with Gasteiger partial charge in [-0.25, -0.2) is 4.99 Å². The number of fused-ring (bicyclic) bond motifs is 1. The highest BCUT2D eigenvalue weighted by atomic mass is 16.7. The van der Waals surface area contributed by atoms with Crippen LogP contribution >= 0.6 is 0 Å². The maximum atomic E-state index is 5.98. The molecule has 0 N–H and O–H groups in total. The second-order valence-electron chi connectivity index (χ2n) is 5.09. The van der Waals surface area contributed by atoms with E-state index in [4.69, 9.17) is 18.9 Å². The summed E-state index contributed by atoms with van der Waals surface area (Å²) in [5.41, 5.74) is 1.99. The third kappa shape index (κ3) is 2.24. The van der Waals surface area contributed by atoms with Crippen molar-refractivity contribution < 1.29 is 18.9 Å². The Bertz CT molecular complexity index is 724. The zero-order valence-corrected chi connectivity index (χ0v) is 12.1. The summed E-state index contributed by atoms with van der Waals surface area (Å²) < 4.78 is 21.9. The van der Waals surface area contributed by atoms with Crippen LogP contribution in [0.4, 0.5) is 0 Å². The standard InChI is InChI=1S/C17H15NO4/c1-19-13-5-2-11(3-6-13)17-18-9-16(22-17)12-4-7-14-15(8-12)21-10-20-14/h2-8,16H,9-10H2,1H3. The quantitative estimate of drug-likeness (QED) is 0.874. The Morgan fingerprint density at radius 2 is 1.86 bits per heavy atom. The van der Waals surface area contributed by atoms with Crippen LogP contribution in [0.2, 0.25) is 0 Å². The summed E-state index contributed by atoms with van der Waals surface area (Å²) in [4.78, 5) is 4.49. The Kier molecular flexibility index (Phi) is 3.11. The largest absolute Gasteiger partial charge is 0.497 e. The van der Waals surface area contributed by atoms with Gasteiger partial charge in [-0.1, -0.05) is 6.07 Å². The average molecular weight is 297 g/mol. The lowest BCUT2D eigenvalue weighted by Gasteiger charge is -2.12. The van der Waals surface area contributed by atoms with Gasteiger partial charge in [-0.15, -0.1) is 0 Å². The molecule has 1 unspecified atom stereocenters. The third-order valence-corrected chi connectivity index (χ3v) is 3.76. The van der Waals surface area contributed by atoms with E-state index >= 15 is 0 Å². The predicted octanol–water partition coefficient (Wildman–Crippen LogP) is 2.94. The number of rotatable bonds is 3. The molecule has 112 valence electrons. The van der Waals surface area contributed by atoms with Crippen molar-refractivity contribution in [3.63, 3.8) is 0 Å². The van der Waals surface area contributed by atoms with E-state index in [-0.39, 0.29) is 12.9 Å². The molecule has 0 bridgehead atoms. The van der Waals surface area contributed by atoms with Gasteiger partial charge in [-0.05, 0) is 42.0 Å². The molecule has 2 heterocycles. The van der Waals surface area contributed by atoms with Gasteiger partial charge in [0.05, 0.1) is 13.7 Å². The number of hydrogen-bond donors (Lipinski definition) is 0. The van der Waals surface area contributed by atoms with Crippen LogP contribution in [0.3, 0.4) is 0 Å². The summed E-state index contributed by atoms with van der Waals surface area (Å²) in [5.74, 6) is 3.01. The minimum Gasteiger partial charge on any atom is -0.497 e. The van der Waals surface area contributed by atoms with Gasteiger partial charge < -0.3 is 18.9 Å². The van der Waals surface area contributed by atoms with Crippen molar-refractivity contribution in [2.75, 3.05) is 20.4 Å². The first-order valence-electron chi connectivity index (χ1n) is 7.08. The first-order valence-corrected chi connectivity index (χ1v) is 7.08. The molecule has 2 aromatic carbocycles. The molecule has 5 nitrogen and oxygen atoms in total. The number of benzene rings is 2. The van der Waals surface area contributed by atoms with E-state index in [1.807, 2.05) is 42.5 Å². The number of hydrogen-bond acceptors (Lipinski definition) is 5. The predicted molar refractivity (Wildman–Crippen MR) is 80.8 cm³/mol. The Labute approximate surface area is 128 Å². The minimum absolute atomic E-state index is 0.0911. The smallest absolute Gasteiger partial charge is 0.231 e. The SMILES string of the molecule is COc1ccc(C2=NCC(c3ccc4c(c3)OCO4)O2)cc1. The van der Waals surface area contributed by atoms with Crippen molar-refractivity contribution in [1.29, 1.82) is 0 Å². The van der Waals surface area contributed by atoms with Gasteiger partial charge in [0.1, 0.15) is 11.9 Å². The van der Waals surface area contributed by atoms with Crippen molar-refractivity contribution in [2.24, 2.45) is 4.99 Å². The van der Waals surface area contributed by atoms with E-state index in [0.717, 1.165) is 28.4 Å². The molecule has 4 rings (SSSR count). The summed E-state index contributed by atoms with van der Waals surface area (Å²) in [5, 5.41) is 0. The van der Waals surface area contributed by atoms with Crippen LogP contribution in [0.25, 0.3) is 0 Å². The molecule has 0 radical (unpaired) electrons. The molecule has 2 aromatic rings. The Morgan fingerprint density at radius 3 is 2.68 bits per heavy atom. The fourth-order valence-electron chi connectivity index (χ4n) is 2.55. The van der Waals surface area contributed by atoms with E-state index in [2.05, 4.69) is 4.99 Å². The molecule has 0 saturated heterocycles. The molecule has 2 aliphatic heterocycles. The molecule has 5 heteroatoms. The first-order chi connectivity index (χ1) is 10.8. The van der Waals surface area contributed by atoms with Gasteiger partial charge in [0, 0.05) is 5.56 Å². The molecule has 0 aliphatic carbocycles. The van der Waals surface area contributed by atoms with Crippen LogP contribution in [0.5, 0.6) is 17.2 Å². The van der Waals surface area contributed by atoms with Gasteiger partial charge >= 0.3 is 0 Å². The summed E-state index contributed by atoms with van der Waals surface area (Å²) in [6.45, 7) is 0.874. The van der Waals surface area contributed by atoms with E-state index in [1.165, 1.54) is 0 Å². The van der Waals surface area contributed by atoms with Crippen molar-refractivity contribution >= 4 is 5.90 Å². The first kappa shape index (κ1) is 13.0. The van der Waals surface area contributed by atoms with E-state index < -0.39 is 0 Å². The van der Waals surface area contributed by atoms with Gasteiger partial charge in [0.2, 0.25) is 12.7 Å². The lowest BCUT2D eigenvalue weighted by atomic mass is 10.1. The molecular weight excluding hydrogens is 282 g/mol. The summed E-state index contributed by atoms with van der Waals surface area (Å²) in [6.07, 6.45) is -0.0911. The molecule has 2 aliphatic rings. The maximum absolute atomic E-state index is 5.98. The van der Waals surface area contributed by atoms with Crippen LogP contribution in [0.15, 0.2) is 47.5 Å². The maximum Gasteiger partial charge on any atom is 0.231 e. The topological polar surface area (TPSA) is 49.3 Å². The third-order valence-electron chi connectivity index (χ3n) is 3.76. The summed E-state index contributed by atoms with van der Waals surface area (Å²) in [6, 6.07) is 13.5. The zero-order chi connectivity index (χ0) is 14.9. The molecule has 0 aromatic heterocycles. The van der Waals surface area contributed by atoms with E-state index in [0.29, 0.717) is 12.4 Å². The molecule has 1 atom stereocenters. The molecule has 0 spiro atoms. The van der Waals surface area contributed by atoms with Crippen LogP contribution in [-0.4, -0.2) is 26.3 Å². The van der Waals surface area contributed by atoms with Crippen LogP contribution in [0.1, 0.15) is 17.2 Å². The minimum atomic E-state index is -0.0911. The lowest BCUT2D eigenvalue weighted by molar-refractivity contribution is 0.173. The van der Waals surface area contributed by atoms with E-state index in [9.17, 15) is 0 Å². The molecule has 22 heavy (non-hydrogen) atoms. The zero-order valence-electron chi connectivity index (χ0n) is 12.1. The Hall–Kier alpha value is -2.69. The number of methoxy groups -OCH3 is 1. The van der Waals surface area contributed by atoms with Gasteiger partial charge in [-0.2, -0.15) is 0 Å². The number of aliphatic imine (C=N–C) groups is 1. The average Bonchev–Trinajstić information content (AvgIpc) is 3.23. The molecule has 0 saturated carbocycles. The second-order valence-corrected chi connectivity index (χ2v) is 5.09. The number of ether oxygens (including phenoxy) is 4. The fraction of sp³-hybridized carbons (Fsp3) is 0.235. The Balaban J connectivity index is 1.51. The number of nitrogens with zero attached hydrogens (tertiary/aromatic N) is 1. The highest BCUT2D eigenvalue weighted by Crippen LogP contribution is 2.36. The van der Waals surface area contributed by atoms with Crippen molar-refractivity contribution in [3.8, 4) is 17.2 Å². The van der Waals surface area contributed by atoms with Crippen molar-refractivity contribution in [1.82, 2.24) is 0 Å². The highest BCUT2D eigenvalue weighted by Gasteiger charge is 2.25. The molecule has 0 fully saturated rings. The Morgan fingerprint density at radius 1 is 1.05 bits per heavy atom. The second kappa shape index (κ2) is 5.26. The summed E-state index contributed by atoms with van der Waals surface area (Å²) >= 11 is 0. The summed E-state index contributed by atoms with van der Waals surface area (Å²) in [7, 11) is 1.65. The van der Waals surface area contributed by atoms with Crippen LogP contribution in [-0.2, 0) is 4.74 Å². The monoisotopic (exact) mass is 297 g/mol. The highest BCUT2D eigenvalue weighted by molar-refractivity contribution is 5.95. The van der Waals surface area contributed by atoms with Gasteiger partial charge in [0.25, 0.3) is 0 Å². The molecule has 0 amide bonds. The lowest BCUT2D eigenvalue weighted by Crippen LogP contribution is -2.06.